The van der Waals surface area contributed by atoms with Crippen molar-refractivity contribution in [2.75, 3.05) is 0 Å². The summed E-state index contributed by atoms with van der Waals surface area (Å²) >= 11 is 0. The Bertz CT molecular complexity index is 402. The van der Waals surface area contributed by atoms with Crippen molar-refractivity contribution in [1.29, 1.82) is 0 Å². The minimum Gasteiger partial charge on any atom is -0.759 e. The van der Waals surface area contributed by atoms with Crippen molar-refractivity contribution in [1.82, 2.24) is 0 Å². The summed E-state index contributed by atoms with van der Waals surface area (Å²) in [6.45, 7) is 0. The molecule has 17 heavy (non-hydrogen) atoms. The first-order chi connectivity index (χ1) is 5.25. The molecule has 0 aromatic heterocycles. The summed E-state index contributed by atoms with van der Waals surface area (Å²) < 4.78 is 89.3. The van der Waals surface area contributed by atoms with Crippen LogP contribution in [0.15, 0.2) is 0 Å². The normalized spacial score (nSPS) is 9.88. The van der Waals surface area contributed by atoms with Crippen LogP contribution in [0.4, 0.5) is 0 Å². The van der Waals surface area contributed by atoms with Crippen LogP contribution in [-0.4, -0.2) is 43.5 Å². The first-order valence-corrected chi connectivity index (χ1v) is 6.50. The van der Waals surface area contributed by atoms with Gasteiger partial charge in [0.2, 0.25) is 0 Å². The van der Waals surface area contributed by atoms with E-state index in [0.29, 0.717) is 0 Å². The standard InChI is InChI=1S/4Na.H2O6S2.H2O4S/c;;;;1-7(2,3)8(4,5)6;1-5(2,3)4/h;;;;(H,1,2,3)(H,4,5,6);(H2,1,2,3,4)/q4*+1;;/p-4. The molecule has 0 rings (SSSR count). The van der Waals surface area contributed by atoms with Gasteiger partial charge in [-0.15, -0.1) is 0 Å². The molecule has 0 spiro atoms. The second kappa shape index (κ2) is 14.6. The molecule has 0 aliphatic rings. The average molecular weight is 348 g/mol. The largest absolute Gasteiger partial charge is 1.00 e. The third-order valence-corrected chi connectivity index (χ3v) is 2.25. The van der Waals surface area contributed by atoms with E-state index in [1.165, 1.54) is 0 Å². The van der Waals surface area contributed by atoms with Gasteiger partial charge >= 0.3 is 118 Å². The van der Waals surface area contributed by atoms with Gasteiger partial charge in [-0.3, -0.25) is 8.42 Å². The van der Waals surface area contributed by atoms with Crippen LogP contribution < -0.4 is 118 Å². The Morgan fingerprint density at radius 1 is 0.471 bits per heavy atom. The molecule has 0 saturated carbocycles. The maximum atomic E-state index is 9.20. The molecule has 0 saturated heterocycles. The third-order valence-electron chi connectivity index (χ3n) is 0.250. The minimum absolute atomic E-state index is 0. The zero-order chi connectivity index (χ0) is 11.5. The molecule has 0 fully saturated rings. The van der Waals surface area contributed by atoms with E-state index in [1.807, 2.05) is 0 Å². The fraction of sp³-hybridized carbons (Fsp3) is 0. The second-order valence-electron chi connectivity index (χ2n) is 1.22. The maximum absolute atomic E-state index is 9.20. The molecule has 0 bridgehead atoms. The van der Waals surface area contributed by atoms with Gasteiger partial charge in [-0.1, -0.05) is 0 Å². The van der Waals surface area contributed by atoms with E-state index in [0.717, 1.165) is 0 Å². The van der Waals surface area contributed by atoms with Crippen molar-refractivity contribution in [3.05, 3.63) is 0 Å². The molecule has 0 N–H and O–H groups in total. The van der Waals surface area contributed by atoms with Crippen LogP contribution in [0.25, 0.3) is 0 Å². The van der Waals surface area contributed by atoms with Gasteiger partial charge in [0.25, 0.3) is 0 Å². The van der Waals surface area contributed by atoms with Gasteiger partial charge in [-0.25, -0.2) is 16.8 Å². The van der Waals surface area contributed by atoms with Crippen LogP contribution in [0.3, 0.4) is 0 Å². The molecule has 0 aromatic carbocycles. The smallest absolute Gasteiger partial charge is 0.759 e. The minimum atomic E-state index is -5.67. The maximum Gasteiger partial charge on any atom is 1.00 e. The summed E-state index contributed by atoms with van der Waals surface area (Å²) in [5, 5.41) is 0. The topological polar surface area (TPSA) is 195 Å². The van der Waals surface area contributed by atoms with Crippen molar-refractivity contribution < 1.29 is 162 Å². The zero-order valence-electron chi connectivity index (χ0n) is 9.31. The van der Waals surface area contributed by atoms with Gasteiger partial charge in [0.1, 0.15) is 0 Å². The molecule has 0 radical (unpaired) electrons. The first-order valence-electron chi connectivity index (χ1n) is 1.83. The van der Waals surface area contributed by atoms with Crippen LogP contribution in [-0.2, 0) is 28.7 Å². The third kappa shape index (κ3) is 38.3. The quantitative estimate of drug-likeness (QED) is 0.190. The summed E-state index contributed by atoms with van der Waals surface area (Å²) in [6, 6.07) is 0. The van der Waals surface area contributed by atoms with Crippen LogP contribution in [0.2, 0.25) is 0 Å². The second-order valence-corrected chi connectivity index (χ2v) is 6.12. The van der Waals surface area contributed by atoms with Crippen molar-refractivity contribution in [3.8, 4) is 0 Å². The average Bonchev–Trinajstić information content (AvgIpc) is 1.50. The predicted octanol–water partition coefficient (Wildman–Crippen LogP) is -15.3. The van der Waals surface area contributed by atoms with Gasteiger partial charge in [0.05, 0.1) is 0 Å². The molecular weight excluding hydrogens is 348 g/mol. The molecule has 0 amide bonds. The molecule has 0 atom stereocenters. The van der Waals surface area contributed by atoms with E-state index in [1.54, 1.807) is 0 Å². The Balaban J connectivity index is -0.0000000306. The number of hydrogen-bond donors (Lipinski definition) is 0. The molecule has 0 aliphatic carbocycles. The van der Waals surface area contributed by atoms with E-state index in [-0.39, 0.29) is 118 Å². The fourth-order valence-electron chi connectivity index (χ4n) is 0. The summed E-state index contributed by atoms with van der Waals surface area (Å²) in [6.07, 6.45) is 0. The van der Waals surface area contributed by atoms with Gasteiger partial charge in [0.15, 0.2) is 18.3 Å². The summed E-state index contributed by atoms with van der Waals surface area (Å²) in [7, 11) is -16.5. The van der Waals surface area contributed by atoms with Gasteiger partial charge in [-0.05, 0) is 0 Å². The fourth-order valence-corrected chi connectivity index (χ4v) is 0. The predicted molar refractivity (Wildman–Crippen MR) is 29.9 cm³/mol. The Hall–Kier alpha value is 3.69. The van der Waals surface area contributed by atoms with Crippen LogP contribution in [0, 0.1) is 0 Å². The van der Waals surface area contributed by atoms with Crippen molar-refractivity contribution >= 4 is 28.7 Å². The van der Waals surface area contributed by atoms with E-state index < -0.39 is 28.7 Å². The molecular formula is Na4O10S3. The summed E-state index contributed by atoms with van der Waals surface area (Å²) in [5.41, 5.74) is 0. The molecule has 0 unspecified atom stereocenters. The van der Waals surface area contributed by atoms with Gasteiger partial charge in [0, 0.05) is 10.4 Å². The van der Waals surface area contributed by atoms with Crippen molar-refractivity contribution in [3.63, 3.8) is 0 Å². The molecule has 0 heterocycles. The Morgan fingerprint density at radius 3 is 0.529 bits per heavy atom. The van der Waals surface area contributed by atoms with Gasteiger partial charge in [-0.2, -0.15) is 0 Å². The Morgan fingerprint density at radius 2 is 0.529 bits per heavy atom. The van der Waals surface area contributed by atoms with Crippen molar-refractivity contribution in [2.45, 2.75) is 0 Å². The van der Waals surface area contributed by atoms with Crippen LogP contribution >= 0.6 is 0 Å². The number of hydrogen-bond acceptors (Lipinski definition) is 10. The van der Waals surface area contributed by atoms with Crippen molar-refractivity contribution in [2.24, 2.45) is 0 Å². The summed E-state index contributed by atoms with van der Waals surface area (Å²) in [5.74, 6) is 0. The zero-order valence-corrected chi connectivity index (χ0v) is 19.8. The molecule has 0 aliphatic heterocycles. The molecule has 82 valence electrons. The molecule has 0 aromatic rings. The van der Waals surface area contributed by atoms with E-state index in [4.69, 9.17) is 17.5 Å². The molecule has 17 heteroatoms. The summed E-state index contributed by atoms with van der Waals surface area (Å²) in [4.78, 5) is 0. The first kappa shape index (κ1) is 37.2. The SMILES string of the molecule is O=S(=O)([O-])S(=O)(=O)[O-].O=S(=O)([O-])[O-].[Na+].[Na+].[Na+].[Na+]. The van der Waals surface area contributed by atoms with E-state index >= 15 is 0 Å². The Labute approximate surface area is 186 Å². The monoisotopic (exact) mass is 348 g/mol. The Kier molecular flexibility index (Phi) is 32.0. The number of rotatable bonds is 1. The van der Waals surface area contributed by atoms with E-state index in [9.17, 15) is 25.9 Å². The van der Waals surface area contributed by atoms with Crippen LogP contribution in [0.1, 0.15) is 0 Å². The van der Waals surface area contributed by atoms with Gasteiger partial charge < -0.3 is 18.2 Å². The molecule has 10 nitrogen and oxygen atoms in total. The van der Waals surface area contributed by atoms with Crippen LogP contribution in [0.5, 0.6) is 0 Å². The van der Waals surface area contributed by atoms with E-state index in [2.05, 4.69) is 0 Å².